The molecule has 0 atom stereocenters. The first-order chi connectivity index (χ1) is 11.4. The second-order valence-electron chi connectivity index (χ2n) is 4.40. The van der Waals surface area contributed by atoms with E-state index in [9.17, 15) is 18.0 Å². The number of sulfonamides is 1. The van der Waals surface area contributed by atoms with E-state index in [4.69, 9.17) is 0 Å². The molecule has 1 heterocycles. The molecule has 24 heavy (non-hydrogen) atoms. The van der Waals surface area contributed by atoms with Crippen molar-refractivity contribution >= 4 is 27.8 Å². The Bertz CT molecular complexity index is 864. The molecule has 0 saturated carbocycles. The summed E-state index contributed by atoms with van der Waals surface area (Å²) < 4.78 is 35.8. The van der Waals surface area contributed by atoms with Gasteiger partial charge in [-0.15, -0.1) is 0 Å². The van der Waals surface area contributed by atoms with Crippen molar-refractivity contribution in [3.05, 3.63) is 47.9 Å². The number of aromatic nitrogens is 2. The monoisotopic (exact) mass is 351 g/mol. The van der Waals surface area contributed by atoms with Crippen LogP contribution >= 0.6 is 0 Å². The fraction of sp³-hybridized carbons (Fsp3) is 0.143. The summed E-state index contributed by atoms with van der Waals surface area (Å²) in [5.41, 5.74) is 0.0284. The van der Waals surface area contributed by atoms with Crippen LogP contribution in [0.15, 0.2) is 41.6 Å². The molecule has 0 fully saturated rings. The summed E-state index contributed by atoms with van der Waals surface area (Å²) in [5.74, 6) is -1.44. The van der Waals surface area contributed by atoms with Crippen molar-refractivity contribution in [2.24, 2.45) is 0 Å². The summed E-state index contributed by atoms with van der Waals surface area (Å²) in [5, 5.41) is 0. The number of nitrogens with one attached hydrogen (secondary N) is 1. The normalized spacial score (nSPS) is 10.8. The van der Waals surface area contributed by atoms with E-state index < -0.39 is 22.0 Å². The van der Waals surface area contributed by atoms with Gasteiger partial charge in [-0.1, -0.05) is 6.07 Å². The third-order valence-corrected chi connectivity index (χ3v) is 4.20. The topological polar surface area (TPSA) is 125 Å². The van der Waals surface area contributed by atoms with Crippen LogP contribution in [0.2, 0.25) is 0 Å². The van der Waals surface area contributed by atoms with Gasteiger partial charge in [-0.05, 0) is 18.2 Å². The Hall–Kier alpha value is -3.01. The van der Waals surface area contributed by atoms with E-state index in [-0.39, 0.29) is 22.0 Å². The van der Waals surface area contributed by atoms with Gasteiger partial charge in [0.05, 0.1) is 37.1 Å². The highest BCUT2D eigenvalue weighted by molar-refractivity contribution is 7.92. The predicted octanol–water partition coefficient (Wildman–Crippen LogP) is 0.851. The van der Waals surface area contributed by atoms with Crippen molar-refractivity contribution in [3.8, 4) is 0 Å². The van der Waals surface area contributed by atoms with Gasteiger partial charge in [0.1, 0.15) is 0 Å². The Labute approximate surface area is 137 Å². The van der Waals surface area contributed by atoms with Crippen LogP contribution in [-0.2, 0) is 19.5 Å². The number of esters is 2. The molecule has 1 aromatic heterocycles. The van der Waals surface area contributed by atoms with Gasteiger partial charge in [0.15, 0.2) is 11.5 Å². The lowest BCUT2D eigenvalue weighted by Crippen LogP contribution is -2.15. The van der Waals surface area contributed by atoms with E-state index in [2.05, 4.69) is 24.2 Å². The van der Waals surface area contributed by atoms with Crippen LogP contribution in [0, 0.1) is 0 Å². The average molecular weight is 351 g/mol. The van der Waals surface area contributed by atoms with Crippen molar-refractivity contribution in [3.63, 3.8) is 0 Å². The van der Waals surface area contributed by atoms with Gasteiger partial charge >= 0.3 is 11.9 Å². The Morgan fingerprint density at radius 3 is 2.33 bits per heavy atom. The molecule has 0 aliphatic heterocycles. The minimum Gasteiger partial charge on any atom is -0.465 e. The molecule has 1 aromatic carbocycles. The maximum Gasteiger partial charge on any atom is 0.358 e. The number of rotatable bonds is 5. The van der Waals surface area contributed by atoms with Crippen molar-refractivity contribution in [1.29, 1.82) is 0 Å². The highest BCUT2D eigenvalue weighted by Gasteiger charge is 2.18. The largest absolute Gasteiger partial charge is 0.465 e. The minimum atomic E-state index is -3.99. The third-order valence-electron chi connectivity index (χ3n) is 2.85. The number of nitrogens with zero attached hydrogens (tertiary/aromatic N) is 2. The maximum atomic E-state index is 12.3. The van der Waals surface area contributed by atoms with Crippen LogP contribution in [0.25, 0.3) is 0 Å². The van der Waals surface area contributed by atoms with E-state index in [1.807, 2.05) is 0 Å². The van der Waals surface area contributed by atoms with Crippen molar-refractivity contribution in [2.45, 2.75) is 4.90 Å². The van der Waals surface area contributed by atoms with Crippen LogP contribution in [0.3, 0.4) is 0 Å². The van der Waals surface area contributed by atoms with Gasteiger partial charge in [0.25, 0.3) is 10.0 Å². The van der Waals surface area contributed by atoms with Crippen molar-refractivity contribution in [1.82, 2.24) is 9.97 Å². The smallest absolute Gasteiger partial charge is 0.358 e. The van der Waals surface area contributed by atoms with Crippen LogP contribution in [0.1, 0.15) is 20.8 Å². The number of hydrogen-bond donors (Lipinski definition) is 1. The van der Waals surface area contributed by atoms with Gasteiger partial charge < -0.3 is 9.47 Å². The lowest BCUT2D eigenvalue weighted by molar-refractivity contribution is 0.0587. The highest BCUT2D eigenvalue weighted by atomic mass is 32.2. The predicted molar refractivity (Wildman–Crippen MR) is 82.0 cm³/mol. The zero-order valence-electron chi connectivity index (χ0n) is 12.7. The van der Waals surface area contributed by atoms with Crippen molar-refractivity contribution in [2.75, 3.05) is 18.9 Å². The summed E-state index contributed by atoms with van der Waals surface area (Å²) >= 11 is 0. The van der Waals surface area contributed by atoms with Crippen LogP contribution in [-0.4, -0.2) is 44.5 Å². The molecule has 2 rings (SSSR count). The maximum absolute atomic E-state index is 12.3. The Kier molecular flexibility index (Phi) is 5.09. The SMILES string of the molecule is COC(=O)c1cccc(S(=O)(=O)Nc2cnc(C(=O)OC)cn2)c1. The molecule has 0 spiro atoms. The summed E-state index contributed by atoms with van der Waals surface area (Å²) in [6, 6.07) is 5.32. The fourth-order valence-electron chi connectivity index (χ4n) is 1.70. The van der Waals surface area contributed by atoms with E-state index in [1.165, 1.54) is 38.5 Å². The molecule has 2 aromatic rings. The summed E-state index contributed by atoms with van der Waals surface area (Å²) in [7, 11) is -1.61. The highest BCUT2D eigenvalue weighted by Crippen LogP contribution is 2.16. The second kappa shape index (κ2) is 7.04. The lowest BCUT2D eigenvalue weighted by Gasteiger charge is -2.08. The first-order valence-electron chi connectivity index (χ1n) is 6.49. The standard InChI is InChI=1S/C14H13N3O6S/c1-22-13(18)9-4-3-5-10(6-9)24(20,21)17-12-8-15-11(7-16-12)14(19)23-2/h3-8H,1-2H3,(H,16,17). The third kappa shape index (κ3) is 3.84. The van der Waals surface area contributed by atoms with E-state index in [1.54, 1.807) is 0 Å². The Morgan fingerprint density at radius 2 is 1.75 bits per heavy atom. The number of hydrogen-bond acceptors (Lipinski definition) is 8. The van der Waals surface area contributed by atoms with E-state index in [0.717, 1.165) is 12.4 Å². The average Bonchev–Trinajstić information content (AvgIpc) is 2.60. The number of benzene rings is 1. The molecule has 0 amide bonds. The van der Waals surface area contributed by atoms with Gasteiger partial charge in [-0.25, -0.2) is 28.0 Å². The van der Waals surface area contributed by atoms with Gasteiger partial charge in [-0.3, -0.25) is 4.72 Å². The molecule has 126 valence electrons. The molecule has 0 unspecified atom stereocenters. The summed E-state index contributed by atoms with van der Waals surface area (Å²) in [4.78, 5) is 30.1. The van der Waals surface area contributed by atoms with Gasteiger partial charge in [-0.2, -0.15) is 0 Å². The number of ether oxygens (including phenoxy) is 2. The Morgan fingerprint density at radius 1 is 1.04 bits per heavy atom. The van der Waals surface area contributed by atoms with Crippen molar-refractivity contribution < 1.29 is 27.5 Å². The molecule has 10 heteroatoms. The first-order valence-corrected chi connectivity index (χ1v) is 7.97. The number of anilines is 1. The molecular weight excluding hydrogens is 338 g/mol. The van der Waals surface area contributed by atoms with Crippen LogP contribution in [0.5, 0.6) is 0 Å². The van der Waals surface area contributed by atoms with Gasteiger partial charge in [0, 0.05) is 0 Å². The van der Waals surface area contributed by atoms with Crippen LogP contribution in [0.4, 0.5) is 5.82 Å². The quantitative estimate of drug-likeness (QED) is 0.786. The lowest BCUT2D eigenvalue weighted by atomic mass is 10.2. The number of carbonyl (C=O) groups is 2. The molecule has 0 bridgehead atoms. The second-order valence-corrected chi connectivity index (χ2v) is 6.09. The van der Waals surface area contributed by atoms with Gasteiger partial charge in [0.2, 0.25) is 0 Å². The zero-order chi connectivity index (χ0) is 17.7. The molecule has 0 saturated heterocycles. The fourth-order valence-corrected chi connectivity index (χ4v) is 2.73. The van der Waals surface area contributed by atoms with E-state index >= 15 is 0 Å². The molecule has 1 N–H and O–H groups in total. The molecule has 0 aliphatic carbocycles. The first kappa shape index (κ1) is 17.3. The number of carbonyl (C=O) groups excluding carboxylic acids is 2. The molecule has 9 nitrogen and oxygen atoms in total. The molecule has 0 radical (unpaired) electrons. The zero-order valence-corrected chi connectivity index (χ0v) is 13.5. The Balaban J connectivity index is 2.25. The summed E-state index contributed by atoms with van der Waals surface area (Å²) in [6.45, 7) is 0. The molecule has 0 aliphatic rings. The van der Waals surface area contributed by atoms with E-state index in [0.29, 0.717) is 0 Å². The molecular formula is C14H13N3O6S. The minimum absolute atomic E-state index is 0.0619. The number of methoxy groups -OCH3 is 2. The van der Waals surface area contributed by atoms with Crippen LogP contribution < -0.4 is 4.72 Å². The summed E-state index contributed by atoms with van der Waals surface area (Å²) in [6.07, 6.45) is 2.16.